The molecule has 100 valence electrons. The fourth-order valence-electron chi connectivity index (χ4n) is 1.30. The maximum absolute atomic E-state index is 11.8. The lowest BCUT2D eigenvalue weighted by molar-refractivity contribution is -0.136. The lowest BCUT2D eigenvalue weighted by Crippen LogP contribution is -2.26. The highest BCUT2D eigenvalue weighted by molar-refractivity contribution is 7.89. The molecule has 0 atom stereocenters. The lowest BCUT2D eigenvalue weighted by Gasteiger charge is -2.13. The van der Waals surface area contributed by atoms with Crippen LogP contribution in [0, 0.1) is 0 Å². The molecule has 2 N–H and O–H groups in total. The molecule has 0 aliphatic heterocycles. The molecule has 18 heavy (non-hydrogen) atoms. The van der Waals surface area contributed by atoms with Gasteiger partial charge in [0.15, 0.2) is 0 Å². The van der Waals surface area contributed by atoms with E-state index in [1.807, 2.05) is 19.0 Å². The molecular weight excluding hydrogens is 256 g/mol. The van der Waals surface area contributed by atoms with Crippen molar-refractivity contribution in [1.82, 2.24) is 4.72 Å². The summed E-state index contributed by atoms with van der Waals surface area (Å²) in [6.45, 7) is -0.118. The van der Waals surface area contributed by atoms with Gasteiger partial charge in [0, 0.05) is 26.3 Å². The molecule has 0 amide bonds. The number of carboxylic acid groups (broad SMARTS) is 1. The lowest BCUT2D eigenvalue weighted by atomic mass is 10.3. The first kappa shape index (κ1) is 14.5. The molecule has 0 bridgehead atoms. The Kier molecular flexibility index (Phi) is 4.69. The molecule has 0 fully saturated rings. The van der Waals surface area contributed by atoms with Crippen LogP contribution in [0.5, 0.6) is 0 Å². The topological polar surface area (TPSA) is 86.7 Å². The number of sulfonamides is 1. The Morgan fingerprint density at radius 1 is 1.28 bits per heavy atom. The van der Waals surface area contributed by atoms with E-state index >= 15 is 0 Å². The van der Waals surface area contributed by atoms with Crippen LogP contribution < -0.4 is 9.62 Å². The molecule has 1 aromatic rings. The van der Waals surface area contributed by atoms with E-state index in [1.165, 1.54) is 12.1 Å². The second-order valence-electron chi connectivity index (χ2n) is 3.93. The number of rotatable bonds is 6. The Morgan fingerprint density at radius 3 is 2.28 bits per heavy atom. The molecular formula is C11H16N2O4S. The molecule has 6 nitrogen and oxygen atoms in total. The summed E-state index contributed by atoms with van der Waals surface area (Å²) < 4.78 is 25.8. The molecule has 0 saturated heterocycles. The highest BCUT2D eigenvalue weighted by Crippen LogP contribution is 2.15. The van der Waals surface area contributed by atoms with Gasteiger partial charge in [-0.2, -0.15) is 0 Å². The summed E-state index contributed by atoms with van der Waals surface area (Å²) in [7, 11) is 0.0813. The van der Waals surface area contributed by atoms with Crippen molar-refractivity contribution in [3.8, 4) is 0 Å². The van der Waals surface area contributed by atoms with Crippen LogP contribution >= 0.6 is 0 Å². The summed E-state index contributed by atoms with van der Waals surface area (Å²) in [6, 6.07) is 6.34. The van der Waals surface area contributed by atoms with Crippen LogP contribution in [0.15, 0.2) is 29.2 Å². The highest BCUT2D eigenvalue weighted by Gasteiger charge is 2.13. The highest BCUT2D eigenvalue weighted by atomic mass is 32.2. The zero-order valence-corrected chi connectivity index (χ0v) is 11.1. The summed E-state index contributed by atoms with van der Waals surface area (Å²) >= 11 is 0. The molecule has 0 aliphatic rings. The smallest absolute Gasteiger partial charge is 0.304 e. The van der Waals surface area contributed by atoms with Crippen LogP contribution in [0.1, 0.15) is 6.42 Å². The molecule has 0 radical (unpaired) electrons. The number of carbonyl (C=O) groups is 1. The molecule has 0 aromatic heterocycles. The maximum atomic E-state index is 11.8. The van der Waals surface area contributed by atoms with Crippen molar-refractivity contribution in [2.75, 3.05) is 25.5 Å². The van der Waals surface area contributed by atoms with Gasteiger partial charge in [0.2, 0.25) is 10.0 Å². The van der Waals surface area contributed by atoms with Crippen molar-refractivity contribution in [2.24, 2.45) is 0 Å². The van der Waals surface area contributed by atoms with Gasteiger partial charge in [0.05, 0.1) is 11.3 Å². The summed E-state index contributed by atoms with van der Waals surface area (Å²) in [4.78, 5) is 12.3. The standard InChI is InChI=1S/C11H16N2O4S/c1-13(2)9-3-5-10(6-4-9)18(16,17)12-8-7-11(14)15/h3-6,12H,7-8H2,1-2H3,(H,14,15). The van der Waals surface area contributed by atoms with Crippen LogP contribution in [-0.2, 0) is 14.8 Å². The van der Waals surface area contributed by atoms with E-state index in [-0.39, 0.29) is 17.9 Å². The van der Waals surface area contributed by atoms with Crippen molar-refractivity contribution in [3.63, 3.8) is 0 Å². The predicted molar refractivity (Wildman–Crippen MR) is 68.2 cm³/mol. The average Bonchev–Trinajstić information content (AvgIpc) is 2.28. The van der Waals surface area contributed by atoms with Crippen LogP contribution in [0.25, 0.3) is 0 Å². The number of nitrogens with zero attached hydrogens (tertiary/aromatic N) is 1. The van der Waals surface area contributed by atoms with E-state index in [0.717, 1.165) is 5.69 Å². The first-order valence-corrected chi connectivity index (χ1v) is 6.80. The van der Waals surface area contributed by atoms with Crippen molar-refractivity contribution in [1.29, 1.82) is 0 Å². The Bertz CT molecular complexity index is 508. The minimum Gasteiger partial charge on any atom is -0.481 e. The largest absolute Gasteiger partial charge is 0.481 e. The average molecular weight is 272 g/mol. The molecule has 0 saturated carbocycles. The second-order valence-corrected chi connectivity index (χ2v) is 5.70. The summed E-state index contributed by atoms with van der Waals surface area (Å²) in [5.74, 6) is -1.04. The fourth-order valence-corrected chi connectivity index (χ4v) is 2.33. The van der Waals surface area contributed by atoms with E-state index in [2.05, 4.69) is 4.72 Å². The second kappa shape index (κ2) is 5.83. The van der Waals surface area contributed by atoms with Gasteiger partial charge in [-0.15, -0.1) is 0 Å². The Morgan fingerprint density at radius 2 is 1.83 bits per heavy atom. The Balaban J connectivity index is 2.76. The van der Waals surface area contributed by atoms with Gasteiger partial charge in [-0.3, -0.25) is 4.79 Å². The number of nitrogens with one attached hydrogen (secondary N) is 1. The monoisotopic (exact) mass is 272 g/mol. The van der Waals surface area contributed by atoms with Crippen molar-refractivity contribution >= 4 is 21.7 Å². The molecule has 1 aromatic carbocycles. The number of benzene rings is 1. The molecule has 0 aliphatic carbocycles. The van der Waals surface area contributed by atoms with Gasteiger partial charge < -0.3 is 10.0 Å². The number of hydrogen-bond acceptors (Lipinski definition) is 4. The summed E-state index contributed by atoms with van der Waals surface area (Å²) in [5, 5.41) is 8.44. The zero-order chi connectivity index (χ0) is 13.8. The minimum absolute atomic E-state index is 0.118. The van der Waals surface area contributed by atoms with E-state index in [1.54, 1.807) is 12.1 Å². The Hall–Kier alpha value is -1.60. The maximum Gasteiger partial charge on any atom is 0.304 e. The predicted octanol–water partition coefficient (Wildman–Crippen LogP) is 0.506. The molecule has 0 spiro atoms. The van der Waals surface area contributed by atoms with Crippen molar-refractivity contribution in [3.05, 3.63) is 24.3 Å². The van der Waals surface area contributed by atoms with Gasteiger partial charge >= 0.3 is 5.97 Å². The molecule has 1 rings (SSSR count). The first-order valence-electron chi connectivity index (χ1n) is 5.32. The number of hydrogen-bond donors (Lipinski definition) is 2. The normalized spacial score (nSPS) is 11.2. The summed E-state index contributed by atoms with van der Waals surface area (Å²) in [5.41, 5.74) is 0.888. The first-order chi connectivity index (χ1) is 8.33. The van der Waals surface area contributed by atoms with Crippen LogP contribution in [0.4, 0.5) is 5.69 Å². The third kappa shape index (κ3) is 4.01. The summed E-state index contributed by atoms with van der Waals surface area (Å²) in [6.07, 6.45) is -0.241. The molecule has 0 unspecified atom stereocenters. The number of carboxylic acids is 1. The third-order valence-corrected chi connectivity index (χ3v) is 3.77. The third-order valence-electron chi connectivity index (χ3n) is 2.29. The van der Waals surface area contributed by atoms with Gasteiger partial charge in [-0.05, 0) is 24.3 Å². The SMILES string of the molecule is CN(C)c1ccc(S(=O)(=O)NCCC(=O)O)cc1. The molecule has 0 heterocycles. The van der Waals surface area contributed by atoms with E-state index in [4.69, 9.17) is 5.11 Å². The van der Waals surface area contributed by atoms with Crippen LogP contribution in [-0.4, -0.2) is 40.1 Å². The van der Waals surface area contributed by atoms with Gasteiger partial charge in [-0.25, -0.2) is 13.1 Å². The molecule has 7 heteroatoms. The van der Waals surface area contributed by atoms with E-state index in [9.17, 15) is 13.2 Å². The van der Waals surface area contributed by atoms with E-state index < -0.39 is 16.0 Å². The van der Waals surface area contributed by atoms with Crippen LogP contribution in [0.3, 0.4) is 0 Å². The van der Waals surface area contributed by atoms with Gasteiger partial charge in [0.1, 0.15) is 0 Å². The zero-order valence-electron chi connectivity index (χ0n) is 10.3. The van der Waals surface area contributed by atoms with Gasteiger partial charge in [-0.1, -0.05) is 0 Å². The minimum atomic E-state index is -3.63. The Labute approximate surface area is 106 Å². The fraction of sp³-hybridized carbons (Fsp3) is 0.364. The van der Waals surface area contributed by atoms with Gasteiger partial charge in [0.25, 0.3) is 0 Å². The quantitative estimate of drug-likeness (QED) is 0.787. The number of aliphatic carboxylic acids is 1. The van der Waals surface area contributed by atoms with Crippen molar-refractivity contribution in [2.45, 2.75) is 11.3 Å². The van der Waals surface area contributed by atoms with Crippen LogP contribution in [0.2, 0.25) is 0 Å². The number of anilines is 1. The van der Waals surface area contributed by atoms with Crippen molar-refractivity contribution < 1.29 is 18.3 Å². The van der Waals surface area contributed by atoms with E-state index in [0.29, 0.717) is 0 Å².